The molecule has 0 amide bonds. The van der Waals surface area contributed by atoms with Crippen LogP contribution in [0.15, 0.2) is 53.4 Å². The Morgan fingerprint density at radius 2 is 2.14 bits per heavy atom. The summed E-state index contributed by atoms with van der Waals surface area (Å²) in [5.74, 6) is 0.308. The van der Waals surface area contributed by atoms with Crippen LogP contribution in [0.3, 0.4) is 0 Å². The fraction of sp³-hybridized carbons (Fsp3) is 0.158. The fourth-order valence-corrected chi connectivity index (χ4v) is 4.75. The van der Waals surface area contributed by atoms with Gasteiger partial charge in [0.15, 0.2) is 16.1 Å². The minimum atomic E-state index is 0.0431. The molecule has 6 nitrogen and oxygen atoms in total. The first kappa shape index (κ1) is 18.9. The standard InChI is InChI=1S/C19H16ClN5OS2/c1-12-8-16(13(2)25(12)18-21-6-7-27-18)17(26)10-28-19-23-22-11-24(19)15-5-3-4-14(20)9-15/h3-9,11H,10H2,1-2H3. The molecule has 9 heteroatoms. The summed E-state index contributed by atoms with van der Waals surface area (Å²) < 4.78 is 3.83. The van der Waals surface area contributed by atoms with Gasteiger partial charge >= 0.3 is 0 Å². The third-order valence-corrected chi connectivity index (χ3v) is 6.21. The molecule has 0 fully saturated rings. The minimum absolute atomic E-state index is 0.0431. The number of halogens is 1. The van der Waals surface area contributed by atoms with E-state index in [2.05, 4.69) is 15.2 Å². The molecule has 0 radical (unpaired) electrons. The third kappa shape index (κ3) is 3.63. The Labute approximate surface area is 175 Å². The van der Waals surface area contributed by atoms with Crippen molar-refractivity contribution in [2.75, 3.05) is 5.75 Å². The molecule has 1 aromatic carbocycles. The lowest BCUT2D eigenvalue weighted by atomic mass is 10.2. The van der Waals surface area contributed by atoms with Crippen molar-refractivity contribution in [2.45, 2.75) is 19.0 Å². The van der Waals surface area contributed by atoms with Crippen LogP contribution in [0.2, 0.25) is 5.02 Å². The van der Waals surface area contributed by atoms with Gasteiger partial charge in [-0.15, -0.1) is 21.5 Å². The first-order chi connectivity index (χ1) is 13.5. The van der Waals surface area contributed by atoms with Gasteiger partial charge in [0, 0.05) is 33.6 Å². The monoisotopic (exact) mass is 429 g/mol. The van der Waals surface area contributed by atoms with Crippen molar-refractivity contribution >= 4 is 40.5 Å². The van der Waals surface area contributed by atoms with Crippen LogP contribution in [0.5, 0.6) is 0 Å². The van der Waals surface area contributed by atoms with Crippen molar-refractivity contribution in [2.24, 2.45) is 0 Å². The maximum Gasteiger partial charge on any atom is 0.196 e. The summed E-state index contributed by atoms with van der Waals surface area (Å²) in [4.78, 5) is 17.2. The second kappa shape index (κ2) is 7.90. The Balaban J connectivity index is 1.54. The number of ketones is 1. The number of rotatable bonds is 6. The number of aryl methyl sites for hydroxylation is 1. The number of Topliss-reactive ketones (excluding diaryl/α,β-unsaturated/α-hetero) is 1. The zero-order valence-corrected chi connectivity index (χ0v) is 17.6. The van der Waals surface area contributed by atoms with Gasteiger partial charge in [0.25, 0.3) is 0 Å². The van der Waals surface area contributed by atoms with Gasteiger partial charge < -0.3 is 0 Å². The van der Waals surface area contributed by atoms with E-state index < -0.39 is 0 Å². The highest BCUT2D eigenvalue weighted by atomic mass is 35.5. The van der Waals surface area contributed by atoms with Crippen molar-refractivity contribution in [1.29, 1.82) is 0 Å². The largest absolute Gasteiger partial charge is 0.294 e. The summed E-state index contributed by atoms with van der Waals surface area (Å²) in [5, 5.41) is 12.2. The summed E-state index contributed by atoms with van der Waals surface area (Å²) >= 11 is 8.97. The van der Waals surface area contributed by atoms with E-state index in [0.29, 0.717) is 15.7 Å². The summed E-state index contributed by atoms with van der Waals surface area (Å²) in [6.45, 7) is 3.93. The van der Waals surface area contributed by atoms with Crippen LogP contribution in [0.25, 0.3) is 10.8 Å². The fourth-order valence-electron chi connectivity index (χ4n) is 3.00. The summed E-state index contributed by atoms with van der Waals surface area (Å²) in [6.07, 6.45) is 3.38. The molecule has 3 aromatic heterocycles. The molecule has 0 spiro atoms. The first-order valence-electron chi connectivity index (χ1n) is 8.45. The number of thioether (sulfide) groups is 1. The summed E-state index contributed by atoms with van der Waals surface area (Å²) in [6, 6.07) is 9.34. The molecule has 0 aliphatic carbocycles. The maximum atomic E-state index is 12.9. The van der Waals surface area contributed by atoms with Gasteiger partial charge in [-0.2, -0.15) is 0 Å². The molecule has 3 heterocycles. The number of nitrogens with zero attached hydrogens (tertiary/aromatic N) is 5. The maximum absolute atomic E-state index is 12.9. The predicted molar refractivity (Wildman–Crippen MR) is 112 cm³/mol. The molecule has 0 saturated carbocycles. The third-order valence-electron chi connectivity index (χ3n) is 4.28. The van der Waals surface area contributed by atoms with Crippen molar-refractivity contribution in [3.63, 3.8) is 0 Å². The van der Waals surface area contributed by atoms with Gasteiger partial charge in [-0.1, -0.05) is 29.4 Å². The lowest BCUT2D eigenvalue weighted by Crippen LogP contribution is -2.06. The Bertz CT molecular complexity index is 1130. The van der Waals surface area contributed by atoms with Crippen LogP contribution in [-0.4, -0.2) is 35.9 Å². The lowest BCUT2D eigenvalue weighted by Gasteiger charge is -2.07. The smallest absolute Gasteiger partial charge is 0.196 e. The Hall–Kier alpha value is -2.42. The highest BCUT2D eigenvalue weighted by Crippen LogP contribution is 2.26. The zero-order chi connectivity index (χ0) is 19.7. The van der Waals surface area contributed by atoms with Gasteiger partial charge in [-0.3, -0.25) is 13.9 Å². The quantitative estimate of drug-likeness (QED) is 0.326. The summed E-state index contributed by atoms with van der Waals surface area (Å²) in [5.41, 5.74) is 3.45. The Kier molecular flexibility index (Phi) is 5.34. The van der Waals surface area contributed by atoms with E-state index in [-0.39, 0.29) is 11.5 Å². The molecule has 0 N–H and O–H groups in total. The van der Waals surface area contributed by atoms with E-state index in [9.17, 15) is 4.79 Å². The second-order valence-corrected chi connectivity index (χ2v) is 8.36. The predicted octanol–water partition coefficient (Wildman–Crippen LogP) is 4.76. The molecular weight excluding hydrogens is 414 g/mol. The number of carbonyl (C=O) groups excluding carboxylic acids is 1. The van der Waals surface area contributed by atoms with E-state index in [1.54, 1.807) is 23.9 Å². The molecule has 28 heavy (non-hydrogen) atoms. The van der Waals surface area contributed by atoms with Crippen LogP contribution in [-0.2, 0) is 0 Å². The van der Waals surface area contributed by atoms with Crippen molar-refractivity contribution in [3.05, 3.63) is 70.2 Å². The second-order valence-electron chi connectivity index (χ2n) is 6.11. The van der Waals surface area contributed by atoms with Gasteiger partial charge in [0.1, 0.15) is 6.33 Å². The van der Waals surface area contributed by atoms with Crippen molar-refractivity contribution < 1.29 is 4.79 Å². The average Bonchev–Trinajstić information content (AvgIpc) is 3.40. The Morgan fingerprint density at radius 3 is 2.89 bits per heavy atom. The van der Waals surface area contributed by atoms with Crippen molar-refractivity contribution in [3.8, 4) is 10.8 Å². The van der Waals surface area contributed by atoms with Crippen LogP contribution in [0.1, 0.15) is 21.7 Å². The molecule has 4 aromatic rings. The van der Waals surface area contributed by atoms with E-state index >= 15 is 0 Å². The first-order valence-corrected chi connectivity index (χ1v) is 10.7. The normalized spacial score (nSPS) is 11.1. The van der Waals surface area contributed by atoms with Crippen LogP contribution < -0.4 is 0 Å². The van der Waals surface area contributed by atoms with Gasteiger partial charge in [-0.25, -0.2) is 4.98 Å². The van der Waals surface area contributed by atoms with Crippen molar-refractivity contribution in [1.82, 2.24) is 24.3 Å². The van der Waals surface area contributed by atoms with E-state index in [4.69, 9.17) is 11.6 Å². The Morgan fingerprint density at radius 1 is 1.29 bits per heavy atom. The minimum Gasteiger partial charge on any atom is -0.294 e. The van der Waals surface area contributed by atoms with E-state index in [0.717, 1.165) is 22.2 Å². The lowest BCUT2D eigenvalue weighted by molar-refractivity contribution is 0.102. The van der Waals surface area contributed by atoms with Gasteiger partial charge in [0.2, 0.25) is 0 Å². The molecule has 142 valence electrons. The van der Waals surface area contributed by atoms with Gasteiger partial charge in [-0.05, 0) is 38.1 Å². The number of thiazole rings is 1. The highest BCUT2D eigenvalue weighted by molar-refractivity contribution is 7.99. The summed E-state index contributed by atoms with van der Waals surface area (Å²) in [7, 11) is 0. The van der Waals surface area contributed by atoms with Crippen LogP contribution in [0, 0.1) is 13.8 Å². The highest BCUT2D eigenvalue weighted by Gasteiger charge is 2.19. The number of hydrogen-bond donors (Lipinski definition) is 0. The average molecular weight is 430 g/mol. The molecule has 0 unspecified atom stereocenters. The molecule has 0 aliphatic heterocycles. The van der Waals surface area contributed by atoms with Gasteiger partial charge in [0.05, 0.1) is 11.4 Å². The van der Waals surface area contributed by atoms with Crippen LogP contribution in [0.4, 0.5) is 0 Å². The molecule has 4 rings (SSSR count). The van der Waals surface area contributed by atoms with E-state index in [1.165, 1.54) is 11.8 Å². The van der Waals surface area contributed by atoms with E-state index in [1.807, 2.05) is 58.7 Å². The topological polar surface area (TPSA) is 65.6 Å². The number of aromatic nitrogens is 5. The molecule has 0 bridgehead atoms. The number of hydrogen-bond acceptors (Lipinski definition) is 6. The number of benzene rings is 1. The molecule has 0 atom stereocenters. The number of carbonyl (C=O) groups is 1. The van der Waals surface area contributed by atoms with Crippen LogP contribution >= 0.6 is 34.7 Å². The molecular formula is C19H16ClN5OS2. The molecule has 0 aliphatic rings. The SMILES string of the molecule is Cc1cc(C(=O)CSc2nncn2-c2cccc(Cl)c2)c(C)n1-c1nccs1. The molecule has 0 saturated heterocycles. The zero-order valence-electron chi connectivity index (χ0n) is 15.2.